The monoisotopic (exact) mass is 382 g/mol. The molecular formula is C21H16Cl2N2O. The molecule has 0 radical (unpaired) electrons. The Morgan fingerprint density at radius 3 is 2.46 bits per heavy atom. The van der Waals surface area contributed by atoms with Gasteiger partial charge < -0.3 is 9.30 Å². The van der Waals surface area contributed by atoms with Gasteiger partial charge in [0.2, 0.25) is 0 Å². The summed E-state index contributed by atoms with van der Waals surface area (Å²) in [7, 11) is 0. The zero-order valence-electron chi connectivity index (χ0n) is 13.9. The summed E-state index contributed by atoms with van der Waals surface area (Å²) < 4.78 is 8.04. The number of hydrogen-bond donors (Lipinski definition) is 0. The number of para-hydroxylation sites is 3. The zero-order valence-corrected chi connectivity index (χ0v) is 15.4. The van der Waals surface area contributed by atoms with Crippen molar-refractivity contribution in [2.24, 2.45) is 0 Å². The molecule has 0 atom stereocenters. The Morgan fingerprint density at radius 1 is 0.885 bits per heavy atom. The number of benzene rings is 3. The van der Waals surface area contributed by atoms with Gasteiger partial charge in [0.15, 0.2) is 0 Å². The number of fused-ring (bicyclic) bond motifs is 1. The molecule has 0 aliphatic carbocycles. The highest BCUT2D eigenvalue weighted by Gasteiger charge is 2.13. The van der Waals surface area contributed by atoms with E-state index in [0.717, 1.165) is 28.2 Å². The standard InChI is InChI=1S/C21H16Cl2N2O/c22-16-11-10-15(18(23)12-16)13-25-20-9-5-4-8-19(20)24-21(25)14-26-17-6-2-1-3-7-17/h1-12H,13-14H2. The van der Waals surface area contributed by atoms with Gasteiger partial charge in [-0.2, -0.15) is 0 Å². The lowest BCUT2D eigenvalue weighted by Crippen LogP contribution is -2.08. The molecule has 0 aliphatic heterocycles. The van der Waals surface area contributed by atoms with E-state index in [2.05, 4.69) is 10.6 Å². The molecule has 1 aromatic heterocycles. The molecule has 130 valence electrons. The number of ether oxygens (including phenoxy) is 1. The minimum Gasteiger partial charge on any atom is -0.486 e. The zero-order chi connectivity index (χ0) is 17.9. The van der Waals surface area contributed by atoms with Crippen LogP contribution in [0.2, 0.25) is 10.0 Å². The Balaban J connectivity index is 1.69. The van der Waals surface area contributed by atoms with Crippen molar-refractivity contribution in [2.45, 2.75) is 13.2 Å². The van der Waals surface area contributed by atoms with E-state index < -0.39 is 0 Å². The minimum atomic E-state index is 0.379. The molecular weight excluding hydrogens is 367 g/mol. The average molecular weight is 383 g/mol. The van der Waals surface area contributed by atoms with Gasteiger partial charge in [0, 0.05) is 10.0 Å². The highest BCUT2D eigenvalue weighted by atomic mass is 35.5. The highest BCUT2D eigenvalue weighted by molar-refractivity contribution is 6.35. The fourth-order valence-corrected chi connectivity index (χ4v) is 3.37. The lowest BCUT2D eigenvalue weighted by Gasteiger charge is -2.12. The van der Waals surface area contributed by atoms with Crippen molar-refractivity contribution in [1.82, 2.24) is 9.55 Å². The van der Waals surface area contributed by atoms with E-state index in [1.165, 1.54) is 0 Å². The molecule has 0 amide bonds. The molecule has 3 aromatic carbocycles. The molecule has 0 saturated carbocycles. The van der Waals surface area contributed by atoms with Crippen LogP contribution in [-0.4, -0.2) is 9.55 Å². The molecule has 3 nitrogen and oxygen atoms in total. The maximum Gasteiger partial charge on any atom is 0.148 e. The van der Waals surface area contributed by atoms with Gasteiger partial charge >= 0.3 is 0 Å². The van der Waals surface area contributed by atoms with E-state index in [4.69, 9.17) is 32.9 Å². The van der Waals surface area contributed by atoms with Crippen LogP contribution < -0.4 is 4.74 Å². The SMILES string of the molecule is Clc1ccc(Cn2c(COc3ccccc3)nc3ccccc32)c(Cl)c1. The number of halogens is 2. The molecule has 0 spiro atoms. The fourth-order valence-electron chi connectivity index (χ4n) is 2.90. The van der Waals surface area contributed by atoms with Gasteiger partial charge in [0.05, 0.1) is 17.6 Å². The molecule has 5 heteroatoms. The van der Waals surface area contributed by atoms with Crippen LogP contribution in [0.4, 0.5) is 0 Å². The van der Waals surface area contributed by atoms with Gasteiger partial charge in [-0.05, 0) is 42.0 Å². The van der Waals surface area contributed by atoms with E-state index in [-0.39, 0.29) is 0 Å². The number of aromatic nitrogens is 2. The van der Waals surface area contributed by atoms with Crippen molar-refractivity contribution in [1.29, 1.82) is 0 Å². The third kappa shape index (κ3) is 3.55. The van der Waals surface area contributed by atoms with Crippen LogP contribution in [0.5, 0.6) is 5.75 Å². The molecule has 0 N–H and O–H groups in total. The maximum atomic E-state index is 6.37. The first kappa shape index (κ1) is 17.0. The maximum absolute atomic E-state index is 6.37. The molecule has 0 aliphatic rings. The predicted molar refractivity (Wildman–Crippen MR) is 106 cm³/mol. The number of rotatable bonds is 5. The molecule has 26 heavy (non-hydrogen) atoms. The van der Waals surface area contributed by atoms with Crippen LogP contribution in [0.15, 0.2) is 72.8 Å². The summed E-state index contributed by atoms with van der Waals surface area (Å²) >= 11 is 12.4. The summed E-state index contributed by atoms with van der Waals surface area (Å²) in [6.45, 7) is 0.980. The number of imidazole rings is 1. The van der Waals surface area contributed by atoms with Crippen LogP contribution in [0.25, 0.3) is 11.0 Å². The van der Waals surface area contributed by atoms with Gasteiger partial charge in [-0.15, -0.1) is 0 Å². The Bertz CT molecular complexity index is 1040. The third-order valence-electron chi connectivity index (χ3n) is 4.19. The molecule has 4 aromatic rings. The summed E-state index contributed by atoms with van der Waals surface area (Å²) in [5.41, 5.74) is 2.97. The van der Waals surface area contributed by atoms with Crippen LogP contribution >= 0.6 is 23.2 Å². The van der Waals surface area contributed by atoms with E-state index in [1.54, 1.807) is 6.07 Å². The molecule has 0 unspecified atom stereocenters. The number of hydrogen-bond acceptors (Lipinski definition) is 2. The first-order chi connectivity index (χ1) is 12.7. The number of nitrogens with zero attached hydrogens (tertiary/aromatic N) is 2. The van der Waals surface area contributed by atoms with E-state index >= 15 is 0 Å². The van der Waals surface area contributed by atoms with Gasteiger partial charge in [-0.1, -0.05) is 59.6 Å². The van der Waals surface area contributed by atoms with Crippen LogP contribution in [0.1, 0.15) is 11.4 Å². The molecule has 0 bridgehead atoms. The van der Waals surface area contributed by atoms with Crippen molar-refractivity contribution in [2.75, 3.05) is 0 Å². The van der Waals surface area contributed by atoms with Crippen molar-refractivity contribution in [3.8, 4) is 5.75 Å². The van der Waals surface area contributed by atoms with Gasteiger partial charge in [0.1, 0.15) is 18.2 Å². The lowest BCUT2D eigenvalue weighted by atomic mass is 10.2. The van der Waals surface area contributed by atoms with E-state index in [0.29, 0.717) is 23.2 Å². The van der Waals surface area contributed by atoms with Gasteiger partial charge in [-0.3, -0.25) is 0 Å². The second-order valence-electron chi connectivity index (χ2n) is 5.94. The lowest BCUT2D eigenvalue weighted by molar-refractivity contribution is 0.291. The normalized spacial score (nSPS) is 11.0. The van der Waals surface area contributed by atoms with Crippen LogP contribution in [0, 0.1) is 0 Å². The highest BCUT2D eigenvalue weighted by Crippen LogP contribution is 2.25. The minimum absolute atomic E-state index is 0.379. The Labute approximate surface area is 161 Å². The Kier molecular flexibility index (Phi) is 4.83. The predicted octanol–water partition coefficient (Wildman–Crippen LogP) is 5.97. The van der Waals surface area contributed by atoms with Crippen molar-refractivity contribution < 1.29 is 4.74 Å². The molecule has 1 heterocycles. The summed E-state index contributed by atoms with van der Waals surface area (Å²) in [5, 5.41) is 1.27. The Morgan fingerprint density at radius 2 is 1.65 bits per heavy atom. The van der Waals surface area contributed by atoms with E-state index in [9.17, 15) is 0 Å². The fraction of sp³-hybridized carbons (Fsp3) is 0.0952. The second-order valence-corrected chi connectivity index (χ2v) is 6.78. The quantitative estimate of drug-likeness (QED) is 0.425. The van der Waals surface area contributed by atoms with Crippen molar-refractivity contribution >= 4 is 34.2 Å². The Hall–Kier alpha value is -2.49. The van der Waals surface area contributed by atoms with Crippen molar-refractivity contribution in [3.63, 3.8) is 0 Å². The van der Waals surface area contributed by atoms with Crippen LogP contribution in [-0.2, 0) is 13.2 Å². The molecule has 0 saturated heterocycles. The van der Waals surface area contributed by atoms with Gasteiger partial charge in [0.25, 0.3) is 0 Å². The summed E-state index contributed by atoms with van der Waals surface area (Å²) in [5.74, 6) is 1.66. The first-order valence-corrected chi connectivity index (χ1v) is 9.02. The topological polar surface area (TPSA) is 27.1 Å². The third-order valence-corrected chi connectivity index (χ3v) is 4.78. The van der Waals surface area contributed by atoms with E-state index in [1.807, 2.05) is 60.7 Å². The largest absolute Gasteiger partial charge is 0.486 e. The summed E-state index contributed by atoms with van der Waals surface area (Å²) in [4.78, 5) is 4.74. The average Bonchev–Trinajstić information content (AvgIpc) is 3.01. The smallest absolute Gasteiger partial charge is 0.148 e. The first-order valence-electron chi connectivity index (χ1n) is 8.26. The summed E-state index contributed by atoms with van der Waals surface area (Å²) in [6.07, 6.45) is 0. The van der Waals surface area contributed by atoms with Gasteiger partial charge in [-0.25, -0.2) is 4.98 Å². The van der Waals surface area contributed by atoms with Crippen molar-refractivity contribution in [3.05, 3.63) is 94.2 Å². The summed E-state index contributed by atoms with van der Waals surface area (Å²) in [6, 6.07) is 23.3. The van der Waals surface area contributed by atoms with Crippen LogP contribution in [0.3, 0.4) is 0 Å². The molecule has 4 rings (SSSR count). The molecule has 0 fully saturated rings. The second kappa shape index (κ2) is 7.40.